The van der Waals surface area contributed by atoms with Crippen LogP contribution in [-0.4, -0.2) is 31.5 Å². The topological polar surface area (TPSA) is 91.9 Å². The number of aliphatic carboxylic acids is 2. The van der Waals surface area contributed by atoms with Crippen LogP contribution < -0.4 is 0 Å². The first-order chi connectivity index (χ1) is 12.1. The van der Waals surface area contributed by atoms with E-state index in [9.17, 15) is 9.59 Å². The molecule has 0 aliphatic rings. The van der Waals surface area contributed by atoms with Gasteiger partial charge in [0.05, 0.1) is 17.2 Å². The summed E-state index contributed by atoms with van der Waals surface area (Å²) in [7, 11) is 0. The first-order valence-electron chi connectivity index (χ1n) is 7.43. The minimum Gasteiger partial charge on any atom is -0.478 e. The second-order valence-electron chi connectivity index (χ2n) is 5.25. The minimum absolute atomic E-state index is 0.558. The van der Waals surface area contributed by atoms with Crippen molar-refractivity contribution in [1.82, 2.24) is 9.38 Å². The molecule has 0 fully saturated rings. The summed E-state index contributed by atoms with van der Waals surface area (Å²) in [6.45, 7) is 0. The van der Waals surface area contributed by atoms with E-state index in [0.29, 0.717) is 12.2 Å². The van der Waals surface area contributed by atoms with E-state index in [0.717, 1.165) is 5.52 Å². The number of hydrogen-bond acceptors (Lipinski definition) is 3. The average molecular weight is 334 g/mol. The number of nitrogens with zero attached hydrogens (tertiary/aromatic N) is 2. The molecule has 124 valence electrons. The van der Waals surface area contributed by atoms with E-state index in [1.165, 1.54) is 21.7 Å². The van der Waals surface area contributed by atoms with E-state index in [2.05, 4.69) is 51.8 Å². The number of fused-ring (bicyclic) bond motifs is 5. The van der Waals surface area contributed by atoms with Crippen molar-refractivity contribution >= 4 is 39.1 Å². The van der Waals surface area contributed by atoms with Gasteiger partial charge in [0.2, 0.25) is 0 Å². The Kier molecular flexibility index (Phi) is 4.43. The Bertz CT molecular complexity index is 1090. The first kappa shape index (κ1) is 16.2. The number of benzene rings is 2. The van der Waals surface area contributed by atoms with E-state index >= 15 is 0 Å². The van der Waals surface area contributed by atoms with E-state index < -0.39 is 11.9 Å². The maximum atomic E-state index is 9.55. The third kappa shape index (κ3) is 3.48. The highest BCUT2D eigenvalue weighted by molar-refractivity contribution is 6.07. The lowest BCUT2D eigenvalue weighted by molar-refractivity contribution is -0.134. The van der Waals surface area contributed by atoms with Crippen LogP contribution in [0.1, 0.15) is 0 Å². The standard InChI is InChI=1S/C15H10N2.C4H4O4/c1-2-4-14-11(3-1)5-6-12-9-13-10-16-7-8-17(13)15(12)14;5-3(6)1-2-4(7)8/h1-10H;1-2H,(H,5,6)(H,7,8)/b;2-1+. The number of carboxylic acids is 2. The molecule has 0 aliphatic carbocycles. The molecule has 0 aliphatic heterocycles. The molecule has 4 rings (SSSR count). The molecule has 0 radical (unpaired) electrons. The Morgan fingerprint density at radius 3 is 2.36 bits per heavy atom. The fourth-order valence-electron chi connectivity index (χ4n) is 2.64. The van der Waals surface area contributed by atoms with Crippen LogP contribution in [0.25, 0.3) is 27.2 Å². The summed E-state index contributed by atoms with van der Waals surface area (Å²) in [4.78, 5) is 23.3. The molecule has 2 aromatic heterocycles. The largest absolute Gasteiger partial charge is 0.478 e. The van der Waals surface area contributed by atoms with Crippen LogP contribution in [0, 0.1) is 0 Å². The first-order valence-corrected chi connectivity index (χ1v) is 7.43. The fourth-order valence-corrected chi connectivity index (χ4v) is 2.64. The molecule has 0 amide bonds. The van der Waals surface area contributed by atoms with Crippen LogP contribution in [0.15, 0.2) is 73.2 Å². The van der Waals surface area contributed by atoms with Gasteiger partial charge in [-0.3, -0.25) is 4.98 Å². The van der Waals surface area contributed by atoms with Crippen molar-refractivity contribution < 1.29 is 19.8 Å². The van der Waals surface area contributed by atoms with Gasteiger partial charge in [0.25, 0.3) is 0 Å². The lowest BCUT2D eigenvalue weighted by Gasteiger charge is -2.01. The molecule has 0 unspecified atom stereocenters. The van der Waals surface area contributed by atoms with Gasteiger partial charge in [0, 0.05) is 35.3 Å². The second kappa shape index (κ2) is 6.84. The second-order valence-corrected chi connectivity index (χ2v) is 5.25. The highest BCUT2D eigenvalue weighted by atomic mass is 16.4. The van der Waals surface area contributed by atoms with Crippen molar-refractivity contribution in [3.05, 3.63) is 73.2 Å². The van der Waals surface area contributed by atoms with Crippen molar-refractivity contribution in [1.29, 1.82) is 0 Å². The molecule has 25 heavy (non-hydrogen) atoms. The van der Waals surface area contributed by atoms with Crippen LogP contribution in [0.3, 0.4) is 0 Å². The van der Waals surface area contributed by atoms with E-state index in [1.807, 2.05) is 18.6 Å². The number of carboxylic acid groups (broad SMARTS) is 2. The SMILES string of the molecule is O=C(O)/C=C/C(=O)O.c1ccc2c(c1)ccc1cc3cnccn3c12. The van der Waals surface area contributed by atoms with E-state index in [-0.39, 0.29) is 0 Å². The molecule has 2 aromatic carbocycles. The molecular weight excluding hydrogens is 320 g/mol. The molecular formula is C19H14N2O4. The van der Waals surface area contributed by atoms with Crippen LogP contribution in [0.2, 0.25) is 0 Å². The zero-order chi connectivity index (χ0) is 17.8. The maximum absolute atomic E-state index is 9.55. The van der Waals surface area contributed by atoms with Gasteiger partial charge in [-0.05, 0) is 11.5 Å². The van der Waals surface area contributed by atoms with Crippen molar-refractivity contribution in [3.8, 4) is 0 Å². The predicted octanol–water partition coefficient (Wildman–Crippen LogP) is 3.35. The smallest absolute Gasteiger partial charge is 0.328 e. The molecule has 0 saturated heterocycles. The summed E-state index contributed by atoms with van der Waals surface area (Å²) in [5.41, 5.74) is 2.40. The fraction of sp³-hybridized carbons (Fsp3) is 0. The Labute approximate surface area is 142 Å². The highest BCUT2D eigenvalue weighted by Crippen LogP contribution is 2.27. The summed E-state index contributed by atoms with van der Waals surface area (Å²) in [6.07, 6.45) is 6.86. The van der Waals surface area contributed by atoms with Gasteiger partial charge >= 0.3 is 11.9 Å². The highest BCUT2D eigenvalue weighted by Gasteiger charge is 2.05. The molecule has 0 spiro atoms. The van der Waals surface area contributed by atoms with Gasteiger partial charge in [-0.1, -0.05) is 36.4 Å². The van der Waals surface area contributed by atoms with Crippen molar-refractivity contribution in [2.75, 3.05) is 0 Å². The lowest BCUT2D eigenvalue weighted by Crippen LogP contribution is -1.91. The van der Waals surface area contributed by atoms with Gasteiger partial charge in [0.15, 0.2) is 0 Å². The Balaban J connectivity index is 0.000000197. The summed E-state index contributed by atoms with van der Waals surface area (Å²) >= 11 is 0. The predicted molar refractivity (Wildman–Crippen MR) is 94.6 cm³/mol. The number of carbonyl (C=O) groups is 2. The summed E-state index contributed by atoms with van der Waals surface area (Å²) in [5.74, 6) is -2.51. The van der Waals surface area contributed by atoms with Crippen molar-refractivity contribution in [3.63, 3.8) is 0 Å². The summed E-state index contributed by atoms with van der Waals surface area (Å²) in [5, 5.41) is 19.4. The third-order valence-corrected chi connectivity index (χ3v) is 3.63. The molecule has 0 saturated carbocycles. The average Bonchev–Trinajstić information content (AvgIpc) is 2.99. The number of hydrogen-bond donors (Lipinski definition) is 2. The minimum atomic E-state index is -1.26. The molecule has 0 bridgehead atoms. The summed E-state index contributed by atoms with van der Waals surface area (Å²) < 4.78 is 2.20. The zero-order valence-corrected chi connectivity index (χ0v) is 13.0. The van der Waals surface area contributed by atoms with Gasteiger partial charge in [-0.2, -0.15) is 0 Å². The molecule has 0 atom stereocenters. The molecule has 2 heterocycles. The van der Waals surface area contributed by atoms with Crippen LogP contribution in [0.5, 0.6) is 0 Å². The third-order valence-electron chi connectivity index (χ3n) is 3.63. The van der Waals surface area contributed by atoms with Crippen LogP contribution in [-0.2, 0) is 9.59 Å². The normalized spacial score (nSPS) is 10.9. The Morgan fingerprint density at radius 1 is 0.960 bits per heavy atom. The summed E-state index contributed by atoms with van der Waals surface area (Å²) in [6, 6.07) is 15.0. The lowest BCUT2D eigenvalue weighted by atomic mass is 10.1. The molecule has 2 N–H and O–H groups in total. The molecule has 6 heteroatoms. The van der Waals surface area contributed by atoms with Gasteiger partial charge in [-0.25, -0.2) is 9.59 Å². The molecule has 4 aromatic rings. The quantitative estimate of drug-likeness (QED) is 0.549. The zero-order valence-electron chi connectivity index (χ0n) is 13.0. The monoisotopic (exact) mass is 334 g/mol. The Morgan fingerprint density at radius 2 is 1.64 bits per heavy atom. The van der Waals surface area contributed by atoms with E-state index in [4.69, 9.17) is 10.2 Å². The van der Waals surface area contributed by atoms with Gasteiger partial charge in [0.1, 0.15) is 0 Å². The van der Waals surface area contributed by atoms with Gasteiger partial charge in [-0.15, -0.1) is 0 Å². The maximum Gasteiger partial charge on any atom is 0.328 e. The van der Waals surface area contributed by atoms with Crippen molar-refractivity contribution in [2.45, 2.75) is 0 Å². The van der Waals surface area contributed by atoms with E-state index in [1.54, 1.807) is 0 Å². The van der Waals surface area contributed by atoms with Crippen LogP contribution >= 0.6 is 0 Å². The number of aromatic nitrogens is 2. The Hall–Kier alpha value is -3.67. The number of rotatable bonds is 2. The van der Waals surface area contributed by atoms with Gasteiger partial charge < -0.3 is 14.6 Å². The van der Waals surface area contributed by atoms with Crippen LogP contribution in [0.4, 0.5) is 0 Å². The molecule has 6 nitrogen and oxygen atoms in total. The van der Waals surface area contributed by atoms with Crippen molar-refractivity contribution in [2.24, 2.45) is 0 Å².